The normalized spacial score (nSPS) is 24.1. The van der Waals surface area contributed by atoms with E-state index < -0.39 is 5.79 Å². The number of ether oxygens (including phenoxy) is 2. The predicted molar refractivity (Wildman–Crippen MR) is 83.9 cm³/mol. The third-order valence-electron chi connectivity index (χ3n) is 4.41. The number of rotatable bonds is 0. The van der Waals surface area contributed by atoms with Crippen LogP contribution in [0.1, 0.15) is 25.0 Å². The van der Waals surface area contributed by atoms with E-state index in [9.17, 15) is 0 Å². The van der Waals surface area contributed by atoms with Gasteiger partial charge in [-0.25, -0.2) is 0 Å². The van der Waals surface area contributed by atoms with Gasteiger partial charge in [-0.3, -0.25) is 0 Å². The van der Waals surface area contributed by atoms with E-state index in [0.717, 1.165) is 22.6 Å². The van der Waals surface area contributed by atoms with Gasteiger partial charge in [0.05, 0.1) is 5.41 Å². The Morgan fingerprint density at radius 2 is 1.71 bits per heavy atom. The zero-order valence-electron chi connectivity index (χ0n) is 11.9. The monoisotopic (exact) mass is 298 g/mol. The molecule has 3 heteroatoms. The van der Waals surface area contributed by atoms with Crippen molar-refractivity contribution in [2.75, 3.05) is 0 Å². The molecule has 0 aromatic heterocycles. The second-order valence-corrected chi connectivity index (χ2v) is 6.44. The van der Waals surface area contributed by atoms with Crippen molar-refractivity contribution >= 4 is 17.7 Å². The molecular formula is C18H15ClO2. The number of fused-ring (bicyclic) bond motifs is 2. The van der Waals surface area contributed by atoms with Gasteiger partial charge in [-0.2, -0.15) is 0 Å². The Morgan fingerprint density at radius 1 is 0.952 bits per heavy atom. The summed E-state index contributed by atoms with van der Waals surface area (Å²) >= 11 is 6.04. The van der Waals surface area contributed by atoms with Crippen molar-refractivity contribution in [3.63, 3.8) is 0 Å². The molecule has 0 bridgehead atoms. The van der Waals surface area contributed by atoms with Crippen LogP contribution >= 0.6 is 11.6 Å². The van der Waals surface area contributed by atoms with E-state index in [1.54, 1.807) is 0 Å². The van der Waals surface area contributed by atoms with E-state index in [2.05, 4.69) is 19.9 Å². The second-order valence-electron chi connectivity index (χ2n) is 6.01. The van der Waals surface area contributed by atoms with Crippen LogP contribution in [0.2, 0.25) is 5.02 Å². The van der Waals surface area contributed by atoms with Crippen LogP contribution in [-0.4, -0.2) is 5.79 Å². The molecule has 0 fully saturated rings. The van der Waals surface area contributed by atoms with E-state index in [0.29, 0.717) is 5.02 Å². The maximum atomic E-state index is 6.27. The summed E-state index contributed by atoms with van der Waals surface area (Å²) in [6.07, 6.45) is 4.02. The van der Waals surface area contributed by atoms with Gasteiger partial charge in [0.25, 0.3) is 5.79 Å². The van der Waals surface area contributed by atoms with Crippen molar-refractivity contribution in [3.8, 4) is 11.5 Å². The van der Waals surface area contributed by atoms with Gasteiger partial charge < -0.3 is 9.47 Å². The Kier molecular flexibility index (Phi) is 2.46. The predicted octanol–water partition coefficient (Wildman–Crippen LogP) is 4.81. The first-order valence-corrected chi connectivity index (χ1v) is 7.36. The van der Waals surface area contributed by atoms with Crippen LogP contribution in [0.4, 0.5) is 0 Å². The molecule has 2 nitrogen and oxygen atoms in total. The fourth-order valence-corrected chi connectivity index (χ4v) is 3.26. The Bertz CT molecular complexity index is 764. The van der Waals surface area contributed by atoms with Crippen LogP contribution in [0.25, 0.3) is 6.08 Å². The third-order valence-corrected chi connectivity index (χ3v) is 4.64. The molecule has 2 aromatic carbocycles. The minimum atomic E-state index is -0.808. The van der Waals surface area contributed by atoms with Crippen molar-refractivity contribution in [3.05, 3.63) is 64.7 Å². The maximum Gasteiger partial charge on any atom is 0.280 e. The van der Waals surface area contributed by atoms with Gasteiger partial charge in [-0.1, -0.05) is 29.8 Å². The van der Waals surface area contributed by atoms with E-state index in [-0.39, 0.29) is 5.41 Å². The Labute approximate surface area is 129 Å². The summed E-state index contributed by atoms with van der Waals surface area (Å²) in [4.78, 5) is 0. The van der Waals surface area contributed by atoms with Crippen molar-refractivity contribution in [1.82, 2.24) is 0 Å². The molecule has 0 amide bonds. The summed E-state index contributed by atoms with van der Waals surface area (Å²) in [6.45, 7) is 4.29. The van der Waals surface area contributed by atoms with E-state index in [1.165, 1.54) is 0 Å². The fraction of sp³-hybridized carbons (Fsp3) is 0.222. The summed E-state index contributed by atoms with van der Waals surface area (Å²) in [5.74, 6) is 0.865. The number of halogens is 1. The lowest BCUT2D eigenvalue weighted by Gasteiger charge is -2.39. The number of para-hydroxylation sites is 1. The van der Waals surface area contributed by atoms with Gasteiger partial charge in [0, 0.05) is 22.2 Å². The molecule has 2 aromatic rings. The Morgan fingerprint density at radius 3 is 2.52 bits per heavy atom. The molecule has 0 saturated heterocycles. The first-order chi connectivity index (χ1) is 10.0. The quantitative estimate of drug-likeness (QED) is 0.695. The molecule has 0 N–H and O–H groups in total. The van der Waals surface area contributed by atoms with Crippen LogP contribution in [-0.2, 0) is 5.41 Å². The minimum absolute atomic E-state index is 0.280. The van der Waals surface area contributed by atoms with Gasteiger partial charge in [-0.05, 0) is 44.2 Å². The SMILES string of the molecule is CC1(C)c2ccccc2OC12C=Cc1cc(Cl)ccc1O2. The molecule has 2 aliphatic heterocycles. The fourth-order valence-electron chi connectivity index (χ4n) is 3.08. The molecule has 1 spiro atoms. The van der Waals surface area contributed by atoms with Crippen LogP contribution < -0.4 is 9.47 Å². The summed E-state index contributed by atoms with van der Waals surface area (Å²) in [5, 5.41) is 0.702. The van der Waals surface area contributed by atoms with Crippen molar-refractivity contribution in [2.24, 2.45) is 0 Å². The smallest absolute Gasteiger partial charge is 0.280 e. The molecule has 2 heterocycles. The Hall–Kier alpha value is -1.93. The highest BCUT2D eigenvalue weighted by Gasteiger charge is 2.56. The van der Waals surface area contributed by atoms with Gasteiger partial charge in [0.2, 0.25) is 0 Å². The van der Waals surface area contributed by atoms with Crippen LogP contribution in [0, 0.1) is 0 Å². The van der Waals surface area contributed by atoms with Crippen LogP contribution in [0.15, 0.2) is 48.5 Å². The maximum absolute atomic E-state index is 6.27. The van der Waals surface area contributed by atoms with Gasteiger partial charge in [-0.15, -0.1) is 0 Å². The molecular weight excluding hydrogens is 284 g/mol. The lowest BCUT2D eigenvalue weighted by atomic mass is 9.77. The molecule has 0 aliphatic carbocycles. The summed E-state index contributed by atoms with van der Waals surface area (Å²) in [5.41, 5.74) is 1.85. The molecule has 4 rings (SSSR count). The van der Waals surface area contributed by atoms with Gasteiger partial charge >= 0.3 is 0 Å². The molecule has 106 valence electrons. The van der Waals surface area contributed by atoms with Crippen molar-refractivity contribution in [1.29, 1.82) is 0 Å². The second kappa shape index (κ2) is 4.05. The summed E-state index contributed by atoms with van der Waals surface area (Å²) in [6, 6.07) is 13.7. The average Bonchev–Trinajstić information content (AvgIpc) is 2.68. The van der Waals surface area contributed by atoms with E-state index in [1.807, 2.05) is 48.6 Å². The highest BCUT2D eigenvalue weighted by Crippen LogP contribution is 2.52. The van der Waals surface area contributed by atoms with E-state index in [4.69, 9.17) is 21.1 Å². The molecule has 21 heavy (non-hydrogen) atoms. The summed E-state index contributed by atoms with van der Waals surface area (Å²) < 4.78 is 12.5. The molecule has 1 unspecified atom stereocenters. The Balaban J connectivity index is 1.84. The van der Waals surface area contributed by atoms with Crippen LogP contribution in [0.3, 0.4) is 0 Å². The number of hydrogen-bond acceptors (Lipinski definition) is 2. The number of hydrogen-bond donors (Lipinski definition) is 0. The largest absolute Gasteiger partial charge is 0.448 e. The zero-order valence-corrected chi connectivity index (χ0v) is 12.6. The first-order valence-electron chi connectivity index (χ1n) is 6.98. The van der Waals surface area contributed by atoms with Crippen molar-refractivity contribution in [2.45, 2.75) is 25.0 Å². The molecule has 2 aliphatic rings. The lowest BCUT2D eigenvalue weighted by Crippen LogP contribution is -2.52. The third kappa shape index (κ3) is 1.66. The molecule has 0 saturated carbocycles. The van der Waals surface area contributed by atoms with Crippen molar-refractivity contribution < 1.29 is 9.47 Å². The highest BCUT2D eigenvalue weighted by atomic mass is 35.5. The van der Waals surface area contributed by atoms with E-state index >= 15 is 0 Å². The summed E-state index contributed by atoms with van der Waals surface area (Å²) in [7, 11) is 0. The minimum Gasteiger partial charge on any atom is -0.448 e. The average molecular weight is 299 g/mol. The lowest BCUT2D eigenvalue weighted by molar-refractivity contribution is -0.101. The van der Waals surface area contributed by atoms with Gasteiger partial charge in [0.15, 0.2) is 0 Å². The molecule has 0 radical (unpaired) electrons. The highest BCUT2D eigenvalue weighted by molar-refractivity contribution is 6.30. The topological polar surface area (TPSA) is 18.5 Å². The zero-order chi connectivity index (χ0) is 14.7. The van der Waals surface area contributed by atoms with Crippen LogP contribution in [0.5, 0.6) is 11.5 Å². The first kappa shape index (κ1) is 12.8. The van der Waals surface area contributed by atoms with Gasteiger partial charge in [0.1, 0.15) is 11.5 Å². The molecule has 1 atom stereocenters. The number of benzene rings is 2. The standard InChI is InChI=1S/C18H15ClO2/c1-17(2)14-5-3-4-6-16(14)21-18(17)10-9-12-11-13(19)7-8-15(12)20-18/h3-11H,1-2H3.